The molecule has 0 aromatic heterocycles. The number of amides is 2. The largest absolute Gasteiger partial charge is 0.423 e. The molecule has 170 valence electrons. The average molecular weight is 498 g/mol. The van der Waals surface area contributed by atoms with Crippen molar-refractivity contribution in [3.8, 4) is 5.75 Å². The summed E-state index contributed by atoms with van der Waals surface area (Å²) in [7, 11) is 0. The number of rotatable bonds is 6. The number of ether oxygens (including phenoxy) is 1. The van der Waals surface area contributed by atoms with Crippen molar-refractivity contribution < 1.29 is 24.0 Å². The minimum absolute atomic E-state index is 0.118. The van der Waals surface area contributed by atoms with E-state index in [1.54, 1.807) is 18.2 Å². The predicted octanol–water partition coefficient (Wildman–Crippen LogP) is 4.90. The number of halogens is 2. The molecule has 3 aromatic rings. The molecule has 0 radical (unpaired) electrons. The summed E-state index contributed by atoms with van der Waals surface area (Å²) in [4.78, 5) is 48.8. The predicted molar refractivity (Wildman–Crippen MR) is 125 cm³/mol. The molecule has 0 unspecified atom stereocenters. The van der Waals surface area contributed by atoms with Crippen LogP contribution in [0.3, 0.4) is 0 Å². The van der Waals surface area contributed by atoms with Crippen LogP contribution in [0, 0.1) is 10.1 Å². The molecular formula is C23H13Cl2N3O6. The smallest absolute Gasteiger partial charge is 0.343 e. The van der Waals surface area contributed by atoms with Crippen LogP contribution in [0.25, 0.3) is 0 Å². The van der Waals surface area contributed by atoms with Gasteiger partial charge < -0.3 is 10.1 Å². The number of imide groups is 1. The molecule has 1 aliphatic heterocycles. The minimum Gasteiger partial charge on any atom is -0.423 e. The highest BCUT2D eigenvalue weighted by molar-refractivity contribution is 6.53. The maximum Gasteiger partial charge on any atom is 0.343 e. The Hall–Kier alpha value is -4.21. The molecular weight excluding hydrogens is 485 g/mol. The highest BCUT2D eigenvalue weighted by Gasteiger charge is 2.39. The van der Waals surface area contributed by atoms with Crippen LogP contribution in [0.5, 0.6) is 5.75 Å². The normalized spacial score (nSPS) is 13.3. The van der Waals surface area contributed by atoms with Gasteiger partial charge in [-0.3, -0.25) is 19.7 Å². The molecule has 0 saturated carbocycles. The Bertz CT molecular complexity index is 1350. The van der Waals surface area contributed by atoms with Crippen LogP contribution in [0.2, 0.25) is 5.02 Å². The second-order valence-corrected chi connectivity index (χ2v) is 7.77. The Kier molecular flexibility index (Phi) is 6.31. The van der Waals surface area contributed by atoms with Crippen molar-refractivity contribution in [1.82, 2.24) is 0 Å². The van der Waals surface area contributed by atoms with Crippen LogP contribution in [0.4, 0.5) is 17.1 Å². The van der Waals surface area contributed by atoms with Crippen molar-refractivity contribution in [3.63, 3.8) is 0 Å². The molecule has 0 aliphatic carbocycles. The lowest BCUT2D eigenvalue weighted by Crippen LogP contribution is -2.32. The van der Waals surface area contributed by atoms with Gasteiger partial charge in [0.25, 0.3) is 17.5 Å². The zero-order valence-electron chi connectivity index (χ0n) is 17.0. The number of nitrogens with zero attached hydrogens (tertiary/aromatic N) is 2. The Morgan fingerprint density at radius 3 is 2.24 bits per heavy atom. The van der Waals surface area contributed by atoms with E-state index in [0.717, 1.165) is 4.90 Å². The summed E-state index contributed by atoms with van der Waals surface area (Å²) in [6.07, 6.45) is 0. The van der Waals surface area contributed by atoms with Crippen LogP contribution in [0.15, 0.2) is 83.5 Å². The van der Waals surface area contributed by atoms with Gasteiger partial charge in [-0.1, -0.05) is 29.3 Å². The summed E-state index contributed by atoms with van der Waals surface area (Å²) in [5, 5.41) is 13.6. The number of hydrogen-bond acceptors (Lipinski definition) is 7. The van der Waals surface area contributed by atoms with Gasteiger partial charge in [0.05, 0.1) is 16.2 Å². The quantitative estimate of drug-likeness (QED) is 0.169. The van der Waals surface area contributed by atoms with Crippen molar-refractivity contribution in [3.05, 3.63) is 104 Å². The van der Waals surface area contributed by atoms with E-state index in [2.05, 4.69) is 5.32 Å². The number of non-ortho nitro benzene ring substituents is 1. The number of hydrogen-bond donors (Lipinski definition) is 1. The lowest BCUT2D eigenvalue weighted by Gasteiger charge is -2.15. The highest BCUT2D eigenvalue weighted by Crippen LogP contribution is 2.31. The van der Waals surface area contributed by atoms with E-state index in [4.69, 9.17) is 27.9 Å². The molecule has 4 rings (SSSR count). The van der Waals surface area contributed by atoms with Crippen LogP contribution in [-0.4, -0.2) is 22.7 Å². The zero-order chi connectivity index (χ0) is 24.4. The first-order chi connectivity index (χ1) is 16.2. The molecule has 0 spiro atoms. The lowest BCUT2D eigenvalue weighted by atomic mass is 10.2. The number of carbonyl (C=O) groups is 3. The van der Waals surface area contributed by atoms with Crippen LogP contribution in [-0.2, 0) is 9.59 Å². The fourth-order valence-corrected chi connectivity index (χ4v) is 3.49. The van der Waals surface area contributed by atoms with Gasteiger partial charge in [0.2, 0.25) is 0 Å². The van der Waals surface area contributed by atoms with Gasteiger partial charge >= 0.3 is 5.97 Å². The van der Waals surface area contributed by atoms with Crippen LogP contribution < -0.4 is 15.0 Å². The SMILES string of the molecule is O=C(Oc1ccc([N+](=O)[O-])cc1)c1ccc(NC2=C(Cl)C(=O)N(c3cccc(Cl)c3)C2=O)cc1. The van der Waals surface area contributed by atoms with E-state index >= 15 is 0 Å². The van der Waals surface area contributed by atoms with Gasteiger partial charge in [-0.05, 0) is 54.6 Å². The molecule has 1 aliphatic rings. The summed E-state index contributed by atoms with van der Waals surface area (Å²) in [5.74, 6) is -1.89. The summed E-state index contributed by atoms with van der Waals surface area (Å²) in [6, 6.07) is 17.2. The van der Waals surface area contributed by atoms with Crippen molar-refractivity contribution >= 4 is 58.0 Å². The molecule has 0 atom stereocenters. The monoisotopic (exact) mass is 497 g/mol. The second-order valence-electron chi connectivity index (χ2n) is 6.96. The van der Waals surface area contributed by atoms with Gasteiger partial charge in [0.15, 0.2) is 0 Å². The Labute approximate surface area is 202 Å². The standard InChI is InChI=1S/C23H13Cl2N3O6/c24-14-2-1-3-17(12-14)27-21(29)19(25)20(22(27)30)26-15-6-4-13(5-7-15)23(31)34-18-10-8-16(9-11-18)28(32)33/h1-12,26H. The molecule has 1 heterocycles. The van der Waals surface area contributed by atoms with Gasteiger partial charge in [0, 0.05) is 22.8 Å². The Morgan fingerprint density at radius 2 is 1.62 bits per heavy atom. The first-order valence-electron chi connectivity index (χ1n) is 9.62. The zero-order valence-corrected chi connectivity index (χ0v) is 18.5. The van der Waals surface area contributed by atoms with Gasteiger partial charge in [-0.25, -0.2) is 9.69 Å². The topological polar surface area (TPSA) is 119 Å². The van der Waals surface area contributed by atoms with Crippen LogP contribution in [0.1, 0.15) is 10.4 Å². The fourth-order valence-electron chi connectivity index (χ4n) is 3.10. The molecule has 9 nitrogen and oxygen atoms in total. The molecule has 0 saturated heterocycles. The molecule has 11 heteroatoms. The minimum atomic E-state index is -0.695. The summed E-state index contributed by atoms with van der Waals surface area (Å²) in [5.41, 5.74) is 0.624. The molecule has 0 bridgehead atoms. The Balaban J connectivity index is 1.46. The third-order valence-corrected chi connectivity index (χ3v) is 5.33. The molecule has 2 amide bonds. The number of nitro groups is 1. The van der Waals surface area contributed by atoms with Gasteiger partial charge in [-0.2, -0.15) is 0 Å². The van der Waals surface area contributed by atoms with Crippen molar-refractivity contribution in [2.24, 2.45) is 0 Å². The van der Waals surface area contributed by atoms with E-state index in [-0.39, 0.29) is 33.4 Å². The highest BCUT2D eigenvalue weighted by atomic mass is 35.5. The molecule has 1 N–H and O–H groups in total. The molecule has 3 aromatic carbocycles. The van der Waals surface area contributed by atoms with Gasteiger partial charge in [0.1, 0.15) is 16.5 Å². The second kappa shape index (κ2) is 9.34. The number of esters is 1. The number of carbonyl (C=O) groups excluding carboxylic acids is 3. The van der Waals surface area contributed by atoms with Crippen molar-refractivity contribution in [1.29, 1.82) is 0 Å². The Morgan fingerprint density at radius 1 is 0.941 bits per heavy atom. The summed E-state index contributed by atoms with van der Waals surface area (Å²) < 4.78 is 5.20. The maximum absolute atomic E-state index is 12.8. The van der Waals surface area contributed by atoms with E-state index in [1.165, 1.54) is 54.6 Å². The van der Waals surface area contributed by atoms with E-state index in [0.29, 0.717) is 10.7 Å². The summed E-state index contributed by atoms with van der Waals surface area (Å²) in [6.45, 7) is 0. The third kappa shape index (κ3) is 4.61. The van der Waals surface area contributed by atoms with Gasteiger partial charge in [-0.15, -0.1) is 0 Å². The first kappa shape index (κ1) is 23.0. The van der Waals surface area contributed by atoms with E-state index in [1.807, 2.05) is 0 Å². The maximum atomic E-state index is 12.8. The number of nitrogens with one attached hydrogen (secondary N) is 1. The molecule has 34 heavy (non-hydrogen) atoms. The number of nitro benzene ring substituents is 1. The van der Waals surface area contributed by atoms with E-state index in [9.17, 15) is 24.5 Å². The lowest BCUT2D eigenvalue weighted by molar-refractivity contribution is -0.384. The van der Waals surface area contributed by atoms with E-state index < -0.39 is 22.7 Å². The number of anilines is 2. The first-order valence-corrected chi connectivity index (χ1v) is 10.4. The summed E-state index contributed by atoms with van der Waals surface area (Å²) >= 11 is 12.1. The van der Waals surface area contributed by atoms with Crippen molar-refractivity contribution in [2.75, 3.05) is 10.2 Å². The molecule has 0 fully saturated rings. The van der Waals surface area contributed by atoms with Crippen LogP contribution >= 0.6 is 23.2 Å². The van der Waals surface area contributed by atoms with Crippen molar-refractivity contribution in [2.45, 2.75) is 0 Å². The average Bonchev–Trinajstić information content (AvgIpc) is 3.03. The third-order valence-electron chi connectivity index (χ3n) is 4.74. The fraction of sp³-hybridized carbons (Fsp3) is 0. The number of benzene rings is 3.